The minimum absolute atomic E-state index is 0.0156. The summed E-state index contributed by atoms with van der Waals surface area (Å²) < 4.78 is 0. The molecule has 90 valence electrons. The van der Waals surface area contributed by atoms with Gasteiger partial charge in [-0.3, -0.25) is 4.79 Å². The minimum Gasteiger partial charge on any atom is -0.332 e. The van der Waals surface area contributed by atoms with Crippen molar-refractivity contribution in [3.63, 3.8) is 0 Å². The van der Waals surface area contributed by atoms with Gasteiger partial charge in [-0.2, -0.15) is 0 Å². The lowest BCUT2D eigenvalue weighted by Gasteiger charge is -2.27. The van der Waals surface area contributed by atoms with Crippen molar-refractivity contribution in [2.24, 2.45) is 11.7 Å². The summed E-state index contributed by atoms with van der Waals surface area (Å²) in [5.74, 6) is 2.66. The van der Waals surface area contributed by atoms with Crippen molar-refractivity contribution in [3.8, 4) is 12.3 Å². The van der Waals surface area contributed by atoms with E-state index in [0.29, 0.717) is 13.1 Å². The molecule has 0 spiro atoms. The van der Waals surface area contributed by atoms with E-state index in [1.807, 2.05) is 6.92 Å². The maximum atomic E-state index is 12.2. The first-order chi connectivity index (χ1) is 7.70. The molecule has 2 atom stereocenters. The van der Waals surface area contributed by atoms with Crippen molar-refractivity contribution in [3.05, 3.63) is 0 Å². The average Bonchev–Trinajstić information content (AvgIpc) is 2.50. The fourth-order valence-electron chi connectivity index (χ4n) is 2.33. The van der Waals surface area contributed by atoms with Crippen LogP contribution < -0.4 is 5.73 Å². The van der Waals surface area contributed by atoms with Crippen LogP contribution in [0.15, 0.2) is 0 Å². The zero-order valence-electron chi connectivity index (χ0n) is 10.1. The molecule has 1 fully saturated rings. The molecule has 0 bridgehead atoms. The number of nitrogens with zero attached hydrogens (tertiary/aromatic N) is 1. The summed E-state index contributed by atoms with van der Waals surface area (Å²) in [5.41, 5.74) is 6.07. The van der Waals surface area contributed by atoms with Crippen molar-refractivity contribution >= 4 is 5.91 Å². The monoisotopic (exact) mass is 222 g/mol. The normalized spacial score (nSPS) is 25.6. The topological polar surface area (TPSA) is 46.3 Å². The molecule has 0 aromatic heterocycles. The van der Waals surface area contributed by atoms with Crippen LogP contribution in [-0.2, 0) is 4.79 Å². The Labute approximate surface area is 98.4 Å². The molecule has 1 aliphatic rings. The van der Waals surface area contributed by atoms with Gasteiger partial charge in [0.25, 0.3) is 0 Å². The summed E-state index contributed by atoms with van der Waals surface area (Å²) in [4.78, 5) is 14.0. The fraction of sp³-hybridized carbons (Fsp3) is 0.769. The Morgan fingerprint density at radius 1 is 1.44 bits per heavy atom. The minimum atomic E-state index is -0.0178. The predicted molar refractivity (Wildman–Crippen MR) is 65.6 cm³/mol. The number of carbonyl (C=O) groups excluding carboxylic acids is 1. The van der Waals surface area contributed by atoms with Crippen molar-refractivity contribution < 1.29 is 4.79 Å². The van der Waals surface area contributed by atoms with Crippen molar-refractivity contribution in [1.82, 2.24) is 4.90 Å². The molecule has 0 aromatic rings. The van der Waals surface area contributed by atoms with Crippen LogP contribution >= 0.6 is 0 Å². The summed E-state index contributed by atoms with van der Waals surface area (Å²) in [6.07, 6.45) is 10.6. The maximum absolute atomic E-state index is 12.2. The standard InChI is InChI=1S/C13H22N2O/c1-3-10-15(4-2)13(16)11-8-6-5-7-9-12(11)14/h1,11-12H,4-10,14H2,2H3. The summed E-state index contributed by atoms with van der Waals surface area (Å²) in [5, 5.41) is 0. The second-order valence-corrected chi connectivity index (χ2v) is 4.46. The third-order valence-electron chi connectivity index (χ3n) is 3.36. The smallest absolute Gasteiger partial charge is 0.228 e. The van der Waals surface area contributed by atoms with Crippen molar-refractivity contribution in [2.75, 3.05) is 13.1 Å². The second kappa shape index (κ2) is 6.55. The Hall–Kier alpha value is -1.01. The Bertz CT molecular complexity index is 270. The molecule has 2 N–H and O–H groups in total. The lowest BCUT2D eigenvalue weighted by atomic mass is 9.94. The molecule has 3 heteroatoms. The highest BCUT2D eigenvalue weighted by Crippen LogP contribution is 2.23. The Balaban J connectivity index is 2.65. The zero-order valence-corrected chi connectivity index (χ0v) is 10.1. The number of carbonyl (C=O) groups is 1. The number of nitrogens with two attached hydrogens (primary N) is 1. The van der Waals surface area contributed by atoms with E-state index in [9.17, 15) is 4.79 Å². The molecule has 0 saturated heterocycles. The average molecular weight is 222 g/mol. The predicted octanol–water partition coefficient (Wildman–Crippen LogP) is 1.38. The largest absolute Gasteiger partial charge is 0.332 e. The van der Waals surface area contributed by atoms with E-state index in [4.69, 9.17) is 12.2 Å². The van der Waals surface area contributed by atoms with Gasteiger partial charge in [-0.15, -0.1) is 6.42 Å². The van der Waals surface area contributed by atoms with Crippen LogP contribution in [0.5, 0.6) is 0 Å². The molecule has 1 saturated carbocycles. The molecule has 0 aromatic carbocycles. The number of rotatable bonds is 3. The molecule has 1 aliphatic carbocycles. The molecule has 0 aliphatic heterocycles. The van der Waals surface area contributed by atoms with Gasteiger partial charge in [0.15, 0.2) is 0 Å². The van der Waals surface area contributed by atoms with Gasteiger partial charge >= 0.3 is 0 Å². The van der Waals surface area contributed by atoms with Crippen LogP contribution in [0.1, 0.15) is 39.0 Å². The number of hydrogen-bond donors (Lipinski definition) is 1. The van der Waals surface area contributed by atoms with Gasteiger partial charge in [0.05, 0.1) is 12.5 Å². The third-order valence-corrected chi connectivity index (χ3v) is 3.36. The highest BCUT2D eigenvalue weighted by molar-refractivity contribution is 5.79. The van der Waals surface area contributed by atoms with E-state index in [0.717, 1.165) is 25.7 Å². The molecular formula is C13H22N2O. The highest BCUT2D eigenvalue weighted by Gasteiger charge is 2.29. The van der Waals surface area contributed by atoms with Crippen LogP contribution in [0.4, 0.5) is 0 Å². The highest BCUT2D eigenvalue weighted by atomic mass is 16.2. The maximum Gasteiger partial charge on any atom is 0.228 e. The zero-order chi connectivity index (χ0) is 12.0. The molecule has 1 amide bonds. The van der Waals surface area contributed by atoms with E-state index >= 15 is 0 Å². The van der Waals surface area contributed by atoms with E-state index in [1.165, 1.54) is 6.42 Å². The second-order valence-electron chi connectivity index (χ2n) is 4.46. The van der Waals surface area contributed by atoms with Gasteiger partial charge < -0.3 is 10.6 Å². The van der Waals surface area contributed by atoms with Gasteiger partial charge in [-0.05, 0) is 19.8 Å². The lowest BCUT2D eigenvalue weighted by molar-refractivity contribution is -0.135. The van der Waals surface area contributed by atoms with Crippen LogP contribution in [0.2, 0.25) is 0 Å². The Morgan fingerprint density at radius 2 is 2.12 bits per heavy atom. The van der Waals surface area contributed by atoms with Crippen molar-refractivity contribution in [1.29, 1.82) is 0 Å². The summed E-state index contributed by atoms with van der Waals surface area (Å²) in [6.45, 7) is 3.03. The van der Waals surface area contributed by atoms with Gasteiger partial charge in [0.2, 0.25) is 5.91 Å². The van der Waals surface area contributed by atoms with Gasteiger partial charge in [0, 0.05) is 12.6 Å². The first kappa shape index (κ1) is 13.1. The van der Waals surface area contributed by atoms with Crippen LogP contribution in [0.3, 0.4) is 0 Å². The van der Waals surface area contributed by atoms with E-state index in [-0.39, 0.29) is 17.9 Å². The van der Waals surface area contributed by atoms with E-state index in [1.54, 1.807) is 4.90 Å². The van der Waals surface area contributed by atoms with Crippen LogP contribution in [0.25, 0.3) is 0 Å². The van der Waals surface area contributed by atoms with Gasteiger partial charge in [0.1, 0.15) is 0 Å². The quantitative estimate of drug-likeness (QED) is 0.579. The number of amides is 1. The Kier molecular flexibility index (Phi) is 5.34. The molecular weight excluding hydrogens is 200 g/mol. The van der Waals surface area contributed by atoms with Gasteiger partial charge in [-0.25, -0.2) is 0 Å². The molecule has 3 nitrogen and oxygen atoms in total. The summed E-state index contributed by atoms with van der Waals surface area (Å²) in [6, 6.07) is 0.0156. The first-order valence-electron chi connectivity index (χ1n) is 6.18. The SMILES string of the molecule is C#CCN(CC)C(=O)C1CCCCCC1N. The fourth-order valence-corrected chi connectivity index (χ4v) is 2.33. The molecule has 16 heavy (non-hydrogen) atoms. The molecule has 0 heterocycles. The first-order valence-corrected chi connectivity index (χ1v) is 6.18. The molecule has 1 rings (SSSR count). The van der Waals surface area contributed by atoms with Crippen LogP contribution in [-0.4, -0.2) is 29.9 Å². The summed E-state index contributed by atoms with van der Waals surface area (Å²) in [7, 11) is 0. The van der Waals surface area contributed by atoms with E-state index < -0.39 is 0 Å². The summed E-state index contributed by atoms with van der Waals surface area (Å²) >= 11 is 0. The van der Waals surface area contributed by atoms with Crippen LogP contribution in [0, 0.1) is 18.3 Å². The van der Waals surface area contributed by atoms with Gasteiger partial charge in [-0.1, -0.05) is 25.2 Å². The van der Waals surface area contributed by atoms with Crippen molar-refractivity contribution in [2.45, 2.75) is 45.1 Å². The molecule has 2 unspecified atom stereocenters. The lowest BCUT2D eigenvalue weighted by Crippen LogP contribution is -2.43. The van der Waals surface area contributed by atoms with E-state index in [2.05, 4.69) is 5.92 Å². The molecule has 0 radical (unpaired) electrons. The third kappa shape index (κ3) is 3.24. The Morgan fingerprint density at radius 3 is 2.75 bits per heavy atom. The number of hydrogen-bond acceptors (Lipinski definition) is 2. The number of terminal acetylenes is 1.